The fourth-order valence-corrected chi connectivity index (χ4v) is 2.11. The van der Waals surface area contributed by atoms with Gasteiger partial charge in [-0.05, 0) is 37.6 Å². The Morgan fingerprint density at radius 3 is 2.90 bits per heavy atom. The molecule has 1 aromatic carbocycles. The first kappa shape index (κ1) is 15.0. The van der Waals surface area contributed by atoms with Crippen molar-refractivity contribution in [2.75, 3.05) is 18.9 Å². The molecule has 0 saturated carbocycles. The SMILES string of the molecule is CCn1cc(N)cc1C(=O)NCCOc1cccc(C)c1. The lowest BCUT2D eigenvalue weighted by Gasteiger charge is -2.09. The molecule has 0 aliphatic carbocycles. The number of benzene rings is 1. The maximum atomic E-state index is 12.1. The molecule has 0 bridgehead atoms. The monoisotopic (exact) mass is 287 g/mol. The van der Waals surface area contributed by atoms with Crippen molar-refractivity contribution in [1.29, 1.82) is 0 Å². The molecule has 2 aromatic rings. The lowest BCUT2D eigenvalue weighted by Crippen LogP contribution is -2.29. The Morgan fingerprint density at radius 2 is 2.19 bits per heavy atom. The first-order chi connectivity index (χ1) is 10.1. The number of ether oxygens (including phenoxy) is 1. The van der Waals surface area contributed by atoms with Gasteiger partial charge >= 0.3 is 0 Å². The topological polar surface area (TPSA) is 69.3 Å². The third-order valence-electron chi connectivity index (χ3n) is 3.14. The van der Waals surface area contributed by atoms with Crippen LogP contribution in [-0.4, -0.2) is 23.6 Å². The molecule has 1 amide bonds. The lowest BCUT2D eigenvalue weighted by molar-refractivity contribution is 0.0938. The van der Waals surface area contributed by atoms with Crippen molar-refractivity contribution < 1.29 is 9.53 Å². The number of hydrogen-bond donors (Lipinski definition) is 2. The van der Waals surface area contributed by atoms with Gasteiger partial charge in [-0.1, -0.05) is 12.1 Å². The van der Waals surface area contributed by atoms with Crippen LogP contribution in [0, 0.1) is 6.92 Å². The molecule has 112 valence electrons. The maximum Gasteiger partial charge on any atom is 0.268 e. The number of aromatic nitrogens is 1. The number of carbonyl (C=O) groups is 1. The van der Waals surface area contributed by atoms with E-state index in [-0.39, 0.29) is 5.91 Å². The number of aryl methyl sites for hydroxylation is 2. The van der Waals surface area contributed by atoms with Crippen molar-refractivity contribution in [3.63, 3.8) is 0 Å². The van der Waals surface area contributed by atoms with Crippen LogP contribution in [0.25, 0.3) is 0 Å². The van der Waals surface area contributed by atoms with Crippen molar-refractivity contribution in [2.24, 2.45) is 0 Å². The van der Waals surface area contributed by atoms with Gasteiger partial charge in [0.15, 0.2) is 0 Å². The normalized spacial score (nSPS) is 10.4. The fourth-order valence-electron chi connectivity index (χ4n) is 2.11. The summed E-state index contributed by atoms with van der Waals surface area (Å²) in [6, 6.07) is 9.50. The van der Waals surface area contributed by atoms with E-state index in [4.69, 9.17) is 10.5 Å². The van der Waals surface area contributed by atoms with Crippen LogP contribution < -0.4 is 15.8 Å². The third kappa shape index (κ3) is 4.02. The molecule has 2 rings (SSSR count). The Kier molecular flexibility index (Phi) is 4.87. The minimum atomic E-state index is -0.138. The van der Waals surface area contributed by atoms with Crippen LogP contribution in [0.4, 0.5) is 5.69 Å². The molecule has 0 radical (unpaired) electrons. The second-order valence-corrected chi connectivity index (χ2v) is 4.87. The highest BCUT2D eigenvalue weighted by atomic mass is 16.5. The van der Waals surface area contributed by atoms with Gasteiger partial charge in [-0.25, -0.2) is 0 Å². The first-order valence-electron chi connectivity index (χ1n) is 7.03. The van der Waals surface area contributed by atoms with Crippen LogP contribution >= 0.6 is 0 Å². The number of carbonyl (C=O) groups excluding carboxylic acids is 1. The Hall–Kier alpha value is -2.43. The molecular formula is C16H21N3O2. The summed E-state index contributed by atoms with van der Waals surface area (Å²) in [5, 5.41) is 2.83. The number of anilines is 1. The van der Waals surface area contributed by atoms with E-state index in [9.17, 15) is 4.79 Å². The third-order valence-corrected chi connectivity index (χ3v) is 3.14. The van der Waals surface area contributed by atoms with Gasteiger partial charge in [0.1, 0.15) is 18.1 Å². The Labute approximate surface area is 124 Å². The molecule has 5 nitrogen and oxygen atoms in total. The van der Waals surface area contributed by atoms with Crippen molar-refractivity contribution >= 4 is 11.6 Å². The predicted molar refractivity (Wildman–Crippen MR) is 83.5 cm³/mol. The van der Waals surface area contributed by atoms with Crippen molar-refractivity contribution in [3.8, 4) is 5.75 Å². The van der Waals surface area contributed by atoms with Gasteiger partial charge in [-0.3, -0.25) is 4.79 Å². The average molecular weight is 287 g/mol. The zero-order valence-corrected chi connectivity index (χ0v) is 12.4. The van der Waals surface area contributed by atoms with Gasteiger partial charge in [0.25, 0.3) is 5.91 Å². The summed E-state index contributed by atoms with van der Waals surface area (Å²) in [5.41, 5.74) is 8.03. The number of nitrogens with one attached hydrogen (secondary N) is 1. The summed E-state index contributed by atoms with van der Waals surface area (Å²) in [6.45, 7) is 5.56. The van der Waals surface area contributed by atoms with E-state index < -0.39 is 0 Å². The second kappa shape index (κ2) is 6.83. The van der Waals surface area contributed by atoms with E-state index in [0.717, 1.165) is 11.3 Å². The molecule has 1 heterocycles. The standard InChI is InChI=1S/C16H21N3O2/c1-3-19-11-13(17)10-15(19)16(20)18-7-8-21-14-6-4-5-12(2)9-14/h4-6,9-11H,3,7-8,17H2,1-2H3,(H,18,20). The highest BCUT2D eigenvalue weighted by Crippen LogP contribution is 2.12. The lowest BCUT2D eigenvalue weighted by atomic mass is 10.2. The van der Waals surface area contributed by atoms with Gasteiger partial charge in [0.05, 0.1) is 12.2 Å². The average Bonchev–Trinajstić information content (AvgIpc) is 2.85. The van der Waals surface area contributed by atoms with E-state index in [2.05, 4.69) is 5.32 Å². The van der Waals surface area contributed by atoms with E-state index in [1.165, 1.54) is 0 Å². The molecule has 0 atom stereocenters. The van der Waals surface area contributed by atoms with Gasteiger partial charge < -0.3 is 20.4 Å². The summed E-state index contributed by atoms with van der Waals surface area (Å²) in [6.07, 6.45) is 1.76. The van der Waals surface area contributed by atoms with Crippen molar-refractivity contribution in [3.05, 3.63) is 47.8 Å². The van der Waals surface area contributed by atoms with Crippen LogP contribution in [0.2, 0.25) is 0 Å². The van der Waals surface area contributed by atoms with Gasteiger partial charge in [-0.2, -0.15) is 0 Å². The van der Waals surface area contributed by atoms with Crippen LogP contribution in [0.15, 0.2) is 36.5 Å². The van der Waals surface area contributed by atoms with Crippen LogP contribution in [0.3, 0.4) is 0 Å². The molecule has 0 aliphatic rings. The number of nitrogen functional groups attached to an aromatic ring is 1. The second-order valence-electron chi connectivity index (χ2n) is 4.87. The summed E-state index contributed by atoms with van der Waals surface area (Å²) in [7, 11) is 0. The number of hydrogen-bond acceptors (Lipinski definition) is 3. The predicted octanol–water partition coefficient (Wildman–Crippen LogP) is 2.21. The van der Waals surface area contributed by atoms with Crippen molar-refractivity contribution in [1.82, 2.24) is 9.88 Å². The molecule has 0 aliphatic heterocycles. The smallest absolute Gasteiger partial charge is 0.268 e. The Morgan fingerprint density at radius 1 is 1.38 bits per heavy atom. The van der Waals surface area contributed by atoms with Gasteiger partial charge in [-0.15, -0.1) is 0 Å². The van der Waals surface area contributed by atoms with Crippen molar-refractivity contribution in [2.45, 2.75) is 20.4 Å². The molecule has 21 heavy (non-hydrogen) atoms. The summed E-state index contributed by atoms with van der Waals surface area (Å²) in [5.74, 6) is 0.673. The molecule has 5 heteroatoms. The van der Waals surface area contributed by atoms with Crippen LogP contribution in [0.5, 0.6) is 5.75 Å². The largest absolute Gasteiger partial charge is 0.492 e. The number of nitrogens with two attached hydrogens (primary N) is 1. The van der Waals surface area contributed by atoms with Crippen LogP contribution in [0.1, 0.15) is 23.0 Å². The highest BCUT2D eigenvalue weighted by molar-refractivity contribution is 5.93. The zero-order valence-electron chi connectivity index (χ0n) is 12.4. The van der Waals surface area contributed by atoms with Crippen LogP contribution in [-0.2, 0) is 6.54 Å². The minimum absolute atomic E-state index is 0.138. The maximum absolute atomic E-state index is 12.1. The summed E-state index contributed by atoms with van der Waals surface area (Å²) < 4.78 is 7.41. The highest BCUT2D eigenvalue weighted by Gasteiger charge is 2.11. The van der Waals surface area contributed by atoms with Gasteiger partial charge in [0.2, 0.25) is 0 Å². The zero-order chi connectivity index (χ0) is 15.2. The molecule has 0 fully saturated rings. The molecule has 0 spiro atoms. The van der Waals surface area contributed by atoms with E-state index in [1.54, 1.807) is 12.3 Å². The molecule has 0 saturated heterocycles. The Bertz CT molecular complexity index is 620. The minimum Gasteiger partial charge on any atom is -0.492 e. The van der Waals surface area contributed by atoms with E-state index in [0.29, 0.717) is 31.1 Å². The number of rotatable bonds is 6. The van der Waals surface area contributed by atoms with E-state index >= 15 is 0 Å². The summed E-state index contributed by atoms with van der Waals surface area (Å²) >= 11 is 0. The quantitative estimate of drug-likeness (QED) is 0.800. The molecular weight excluding hydrogens is 266 g/mol. The number of amides is 1. The molecule has 3 N–H and O–H groups in total. The Balaban J connectivity index is 1.82. The molecule has 0 unspecified atom stereocenters. The fraction of sp³-hybridized carbons (Fsp3) is 0.312. The number of nitrogens with zero attached hydrogens (tertiary/aromatic N) is 1. The molecule has 1 aromatic heterocycles. The van der Waals surface area contributed by atoms with Gasteiger partial charge in [0, 0.05) is 12.7 Å². The van der Waals surface area contributed by atoms with E-state index in [1.807, 2.05) is 42.7 Å². The summed E-state index contributed by atoms with van der Waals surface area (Å²) in [4.78, 5) is 12.1. The first-order valence-corrected chi connectivity index (χ1v) is 7.03.